The van der Waals surface area contributed by atoms with Crippen LogP contribution in [-0.4, -0.2) is 20.5 Å². The molecule has 0 spiro atoms. The second-order valence-corrected chi connectivity index (χ2v) is 9.23. The Balaban J connectivity index is 1.43. The summed E-state index contributed by atoms with van der Waals surface area (Å²) in [6, 6.07) is 24.1. The Morgan fingerprint density at radius 2 is 1.60 bits per heavy atom. The van der Waals surface area contributed by atoms with Gasteiger partial charge in [-0.2, -0.15) is 0 Å². The second kappa shape index (κ2) is 8.79. The highest BCUT2D eigenvalue weighted by atomic mass is 32.2. The van der Waals surface area contributed by atoms with Crippen LogP contribution in [0, 0.1) is 0 Å². The molecule has 0 radical (unpaired) electrons. The van der Waals surface area contributed by atoms with E-state index >= 15 is 0 Å². The number of nitrogens with one attached hydrogen (secondary N) is 1. The van der Waals surface area contributed by atoms with Crippen molar-refractivity contribution in [2.75, 3.05) is 7.11 Å². The first-order valence-corrected chi connectivity index (χ1v) is 11.7. The van der Waals surface area contributed by atoms with E-state index in [0.717, 1.165) is 27.4 Å². The zero-order valence-corrected chi connectivity index (χ0v) is 17.9. The molecule has 0 atom stereocenters. The molecule has 1 N–H and O–H groups in total. The average molecular weight is 437 g/mol. The summed E-state index contributed by atoms with van der Waals surface area (Å²) in [7, 11) is -2.05. The van der Waals surface area contributed by atoms with Gasteiger partial charge < -0.3 is 4.74 Å². The third-order valence-electron chi connectivity index (χ3n) is 4.61. The number of aromatic nitrogens is 1. The molecule has 1 aromatic heterocycles. The topological polar surface area (TPSA) is 68.3 Å². The third-order valence-corrected chi connectivity index (χ3v) is 6.92. The molecule has 152 valence electrons. The lowest BCUT2D eigenvalue weighted by Crippen LogP contribution is -2.23. The number of thiazole rings is 1. The summed E-state index contributed by atoms with van der Waals surface area (Å²) < 4.78 is 32.6. The van der Waals surface area contributed by atoms with Crippen LogP contribution >= 0.6 is 11.3 Å². The molecule has 4 aromatic rings. The summed E-state index contributed by atoms with van der Waals surface area (Å²) in [5.74, 6) is 0.613. The Hall–Kier alpha value is -3.00. The number of benzene rings is 3. The standard InChI is InChI=1S/C23H20N2O3S2/c1-28-20-11-13-21(14-12-20)30(26,27)24-15-17-7-9-19(10-8-17)23-25-22(16-29-23)18-5-3-2-4-6-18/h2-14,16,24H,15H2,1H3. The summed E-state index contributed by atoms with van der Waals surface area (Å²) in [5, 5.41) is 2.97. The van der Waals surface area contributed by atoms with Gasteiger partial charge in [0.05, 0.1) is 17.7 Å². The Labute approximate surface area is 180 Å². The molecular formula is C23H20N2O3S2. The molecular weight excluding hydrogens is 416 g/mol. The lowest BCUT2D eigenvalue weighted by atomic mass is 10.1. The molecule has 3 aromatic carbocycles. The van der Waals surface area contributed by atoms with Crippen molar-refractivity contribution >= 4 is 21.4 Å². The minimum absolute atomic E-state index is 0.205. The van der Waals surface area contributed by atoms with Crippen molar-refractivity contribution in [3.63, 3.8) is 0 Å². The molecule has 0 aliphatic rings. The number of ether oxygens (including phenoxy) is 1. The van der Waals surface area contributed by atoms with Crippen LogP contribution in [0.2, 0.25) is 0 Å². The van der Waals surface area contributed by atoms with Gasteiger partial charge in [0, 0.05) is 23.1 Å². The van der Waals surface area contributed by atoms with Crippen LogP contribution < -0.4 is 9.46 Å². The number of hydrogen-bond acceptors (Lipinski definition) is 5. The van der Waals surface area contributed by atoms with Gasteiger partial charge in [-0.05, 0) is 29.8 Å². The van der Waals surface area contributed by atoms with E-state index in [-0.39, 0.29) is 11.4 Å². The second-order valence-electron chi connectivity index (χ2n) is 6.60. The number of rotatable bonds is 7. The summed E-state index contributed by atoms with van der Waals surface area (Å²) >= 11 is 1.59. The lowest BCUT2D eigenvalue weighted by Gasteiger charge is -2.08. The van der Waals surface area contributed by atoms with Gasteiger partial charge in [0.25, 0.3) is 0 Å². The quantitative estimate of drug-likeness (QED) is 0.444. The molecule has 0 unspecified atom stereocenters. The van der Waals surface area contributed by atoms with Crippen molar-refractivity contribution in [2.24, 2.45) is 0 Å². The van der Waals surface area contributed by atoms with E-state index in [1.54, 1.807) is 30.6 Å². The predicted octanol–water partition coefficient (Wildman–Crippen LogP) is 4.96. The Morgan fingerprint density at radius 1 is 0.900 bits per heavy atom. The number of nitrogens with zero attached hydrogens (tertiary/aromatic N) is 1. The average Bonchev–Trinajstić information content (AvgIpc) is 3.29. The fourth-order valence-electron chi connectivity index (χ4n) is 2.93. The van der Waals surface area contributed by atoms with E-state index in [2.05, 4.69) is 4.72 Å². The zero-order valence-electron chi connectivity index (χ0n) is 16.3. The molecule has 1 heterocycles. The summed E-state index contributed by atoms with van der Waals surface area (Å²) in [6.45, 7) is 0.210. The summed E-state index contributed by atoms with van der Waals surface area (Å²) in [5.41, 5.74) is 3.91. The minimum atomic E-state index is -3.59. The maximum Gasteiger partial charge on any atom is 0.240 e. The van der Waals surface area contributed by atoms with E-state index in [4.69, 9.17) is 9.72 Å². The molecule has 5 nitrogen and oxygen atoms in total. The zero-order chi connectivity index (χ0) is 21.0. The molecule has 0 fully saturated rings. The highest BCUT2D eigenvalue weighted by molar-refractivity contribution is 7.89. The van der Waals surface area contributed by atoms with Crippen LogP contribution in [0.15, 0.2) is 89.1 Å². The molecule has 30 heavy (non-hydrogen) atoms. The normalized spacial score (nSPS) is 11.4. The fourth-order valence-corrected chi connectivity index (χ4v) is 4.78. The number of methoxy groups -OCH3 is 1. The Morgan fingerprint density at radius 3 is 2.27 bits per heavy atom. The van der Waals surface area contributed by atoms with E-state index in [1.807, 2.05) is 60.0 Å². The maximum atomic E-state index is 12.5. The van der Waals surface area contributed by atoms with Gasteiger partial charge in [-0.3, -0.25) is 0 Å². The van der Waals surface area contributed by atoms with Crippen molar-refractivity contribution in [1.29, 1.82) is 0 Å². The van der Waals surface area contributed by atoms with Crippen molar-refractivity contribution in [3.05, 3.63) is 89.8 Å². The fraction of sp³-hybridized carbons (Fsp3) is 0.0870. The van der Waals surface area contributed by atoms with Gasteiger partial charge >= 0.3 is 0 Å². The van der Waals surface area contributed by atoms with Gasteiger partial charge in [0.15, 0.2) is 0 Å². The molecule has 0 aliphatic carbocycles. The van der Waals surface area contributed by atoms with E-state index in [1.165, 1.54) is 12.1 Å². The first-order valence-electron chi connectivity index (χ1n) is 9.29. The lowest BCUT2D eigenvalue weighted by molar-refractivity contribution is 0.414. The van der Waals surface area contributed by atoms with Gasteiger partial charge in [0.2, 0.25) is 10.0 Å². The first-order chi connectivity index (χ1) is 14.5. The number of hydrogen-bond donors (Lipinski definition) is 1. The largest absolute Gasteiger partial charge is 0.497 e. The van der Waals surface area contributed by atoms with Gasteiger partial charge in [-0.15, -0.1) is 11.3 Å². The molecule has 0 amide bonds. The van der Waals surface area contributed by atoms with E-state index in [0.29, 0.717) is 5.75 Å². The minimum Gasteiger partial charge on any atom is -0.497 e. The smallest absolute Gasteiger partial charge is 0.240 e. The summed E-state index contributed by atoms with van der Waals surface area (Å²) in [6.07, 6.45) is 0. The van der Waals surface area contributed by atoms with E-state index < -0.39 is 10.0 Å². The maximum absolute atomic E-state index is 12.5. The van der Waals surface area contributed by atoms with E-state index in [9.17, 15) is 8.42 Å². The van der Waals surface area contributed by atoms with Gasteiger partial charge in [-0.25, -0.2) is 18.1 Å². The van der Waals surface area contributed by atoms with Crippen LogP contribution in [-0.2, 0) is 16.6 Å². The number of sulfonamides is 1. The Kier molecular flexibility index (Phi) is 5.94. The van der Waals surface area contributed by atoms with Crippen molar-refractivity contribution in [3.8, 4) is 27.6 Å². The van der Waals surface area contributed by atoms with Crippen LogP contribution in [0.4, 0.5) is 0 Å². The highest BCUT2D eigenvalue weighted by Gasteiger charge is 2.14. The van der Waals surface area contributed by atoms with Crippen LogP contribution in [0.5, 0.6) is 5.75 Å². The van der Waals surface area contributed by atoms with Crippen LogP contribution in [0.1, 0.15) is 5.56 Å². The van der Waals surface area contributed by atoms with Crippen molar-refractivity contribution in [2.45, 2.75) is 11.4 Å². The third kappa shape index (κ3) is 4.59. The molecule has 0 saturated carbocycles. The predicted molar refractivity (Wildman–Crippen MR) is 120 cm³/mol. The molecule has 0 bridgehead atoms. The highest BCUT2D eigenvalue weighted by Crippen LogP contribution is 2.29. The molecule has 7 heteroatoms. The SMILES string of the molecule is COc1ccc(S(=O)(=O)NCc2ccc(-c3nc(-c4ccccc4)cs3)cc2)cc1. The Bertz CT molecular complexity index is 1220. The molecule has 0 aliphatic heterocycles. The van der Waals surface area contributed by atoms with Gasteiger partial charge in [0.1, 0.15) is 10.8 Å². The van der Waals surface area contributed by atoms with Crippen LogP contribution in [0.25, 0.3) is 21.8 Å². The monoisotopic (exact) mass is 436 g/mol. The van der Waals surface area contributed by atoms with Crippen LogP contribution in [0.3, 0.4) is 0 Å². The van der Waals surface area contributed by atoms with Crippen molar-refractivity contribution < 1.29 is 13.2 Å². The van der Waals surface area contributed by atoms with Gasteiger partial charge in [-0.1, -0.05) is 54.6 Å². The van der Waals surface area contributed by atoms with Crippen molar-refractivity contribution in [1.82, 2.24) is 9.71 Å². The first kappa shape index (κ1) is 20.3. The summed E-state index contributed by atoms with van der Waals surface area (Å²) in [4.78, 5) is 4.92. The molecule has 4 rings (SSSR count). The molecule has 0 saturated heterocycles.